The molecule has 0 bridgehead atoms. The smallest absolute Gasteiger partial charge is 0.268 e. The van der Waals surface area contributed by atoms with Gasteiger partial charge in [0.2, 0.25) is 5.91 Å². The standard InChI is InChI=1S/C23H24N4O3S/c1-3-10-25-21(28)13-27-18-12-15(8-9-20(18)30-19(4-2)23(27)29)17-14-31-22(26-17)16-7-5-6-11-24-16/h5-9,11-12,14,19H,3-4,10,13H2,1-2H3,(H,25,28). The molecule has 0 fully saturated rings. The second-order valence-electron chi connectivity index (χ2n) is 7.22. The van der Waals surface area contributed by atoms with Gasteiger partial charge < -0.3 is 10.1 Å². The number of amides is 2. The van der Waals surface area contributed by atoms with Gasteiger partial charge in [-0.15, -0.1) is 11.3 Å². The van der Waals surface area contributed by atoms with E-state index in [1.54, 1.807) is 6.20 Å². The van der Waals surface area contributed by atoms with Crippen molar-refractivity contribution in [1.82, 2.24) is 15.3 Å². The number of hydrogen-bond donors (Lipinski definition) is 1. The Bertz CT molecular complexity index is 1080. The summed E-state index contributed by atoms with van der Waals surface area (Å²) < 4.78 is 5.90. The Labute approximate surface area is 185 Å². The van der Waals surface area contributed by atoms with E-state index < -0.39 is 6.10 Å². The molecule has 0 radical (unpaired) electrons. The van der Waals surface area contributed by atoms with E-state index in [1.165, 1.54) is 16.2 Å². The van der Waals surface area contributed by atoms with Gasteiger partial charge in [-0.05, 0) is 43.2 Å². The second-order valence-corrected chi connectivity index (χ2v) is 8.08. The van der Waals surface area contributed by atoms with E-state index in [1.807, 2.05) is 55.6 Å². The van der Waals surface area contributed by atoms with Crippen LogP contribution < -0.4 is 15.0 Å². The number of pyridine rings is 1. The maximum atomic E-state index is 13.0. The van der Waals surface area contributed by atoms with E-state index in [-0.39, 0.29) is 18.4 Å². The molecule has 7 nitrogen and oxygen atoms in total. The molecule has 0 spiro atoms. The van der Waals surface area contributed by atoms with E-state index in [2.05, 4.69) is 10.3 Å². The van der Waals surface area contributed by atoms with Crippen LogP contribution >= 0.6 is 11.3 Å². The molecule has 0 saturated heterocycles. The molecular weight excluding hydrogens is 412 g/mol. The predicted molar refractivity (Wildman–Crippen MR) is 121 cm³/mol. The number of fused-ring (bicyclic) bond motifs is 1. The molecule has 31 heavy (non-hydrogen) atoms. The van der Waals surface area contributed by atoms with Gasteiger partial charge in [0, 0.05) is 23.7 Å². The van der Waals surface area contributed by atoms with Crippen molar-refractivity contribution in [3.8, 4) is 27.7 Å². The van der Waals surface area contributed by atoms with Gasteiger partial charge in [0.05, 0.1) is 17.1 Å². The highest BCUT2D eigenvalue weighted by molar-refractivity contribution is 7.13. The van der Waals surface area contributed by atoms with Crippen molar-refractivity contribution < 1.29 is 14.3 Å². The summed E-state index contributed by atoms with van der Waals surface area (Å²) in [5, 5.41) is 5.62. The largest absolute Gasteiger partial charge is 0.478 e. The van der Waals surface area contributed by atoms with Crippen LogP contribution in [-0.4, -0.2) is 41.0 Å². The van der Waals surface area contributed by atoms with Crippen LogP contribution in [0.4, 0.5) is 5.69 Å². The van der Waals surface area contributed by atoms with Crippen LogP contribution in [0, 0.1) is 0 Å². The molecule has 0 aliphatic carbocycles. The molecule has 1 atom stereocenters. The predicted octanol–water partition coefficient (Wildman–Crippen LogP) is 3.90. The summed E-state index contributed by atoms with van der Waals surface area (Å²) in [4.78, 5) is 35.9. The highest BCUT2D eigenvalue weighted by Gasteiger charge is 2.34. The summed E-state index contributed by atoms with van der Waals surface area (Å²) in [7, 11) is 0. The van der Waals surface area contributed by atoms with E-state index in [0.717, 1.165) is 28.4 Å². The fourth-order valence-electron chi connectivity index (χ4n) is 3.38. The highest BCUT2D eigenvalue weighted by atomic mass is 32.1. The molecule has 2 amide bonds. The van der Waals surface area contributed by atoms with Crippen LogP contribution in [0.2, 0.25) is 0 Å². The maximum absolute atomic E-state index is 13.0. The number of aromatic nitrogens is 2. The maximum Gasteiger partial charge on any atom is 0.268 e. The number of ether oxygens (including phenoxy) is 1. The lowest BCUT2D eigenvalue weighted by Gasteiger charge is -2.34. The highest BCUT2D eigenvalue weighted by Crippen LogP contribution is 2.38. The van der Waals surface area contributed by atoms with Gasteiger partial charge in [-0.2, -0.15) is 0 Å². The Hall–Kier alpha value is -3.26. The fourth-order valence-corrected chi connectivity index (χ4v) is 4.19. The Kier molecular flexibility index (Phi) is 6.27. The molecule has 2 aromatic heterocycles. The summed E-state index contributed by atoms with van der Waals surface area (Å²) in [5.74, 6) is 0.208. The number of thiazole rings is 1. The van der Waals surface area contributed by atoms with Crippen molar-refractivity contribution >= 4 is 28.8 Å². The molecule has 0 saturated carbocycles. The van der Waals surface area contributed by atoms with Gasteiger partial charge in [0.25, 0.3) is 5.91 Å². The Balaban J connectivity index is 1.66. The van der Waals surface area contributed by atoms with E-state index in [4.69, 9.17) is 9.72 Å². The molecule has 8 heteroatoms. The van der Waals surface area contributed by atoms with Crippen LogP contribution in [0.1, 0.15) is 26.7 Å². The minimum atomic E-state index is -0.590. The van der Waals surface area contributed by atoms with Gasteiger partial charge in [0.15, 0.2) is 6.10 Å². The number of carbonyl (C=O) groups is 2. The molecule has 1 N–H and O–H groups in total. The summed E-state index contributed by atoms with van der Waals surface area (Å²) in [6.45, 7) is 4.43. The minimum absolute atomic E-state index is 0.0363. The number of nitrogens with one attached hydrogen (secondary N) is 1. The average Bonchev–Trinajstić information content (AvgIpc) is 3.30. The van der Waals surface area contributed by atoms with Crippen molar-refractivity contribution in [1.29, 1.82) is 0 Å². The number of anilines is 1. The van der Waals surface area contributed by atoms with Crippen molar-refractivity contribution in [2.75, 3.05) is 18.0 Å². The zero-order chi connectivity index (χ0) is 21.8. The van der Waals surface area contributed by atoms with Crippen molar-refractivity contribution in [2.24, 2.45) is 0 Å². The molecule has 1 aliphatic heterocycles. The third kappa shape index (κ3) is 4.44. The van der Waals surface area contributed by atoms with E-state index >= 15 is 0 Å². The van der Waals surface area contributed by atoms with Gasteiger partial charge in [-0.25, -0.2) is 4.98 Å². The average molecular weight is 437 g/mol. The number of carbonyl (C=O) groups excluding carboxylic acids is 2. The normalized spacial score (nSPS) is 15.4. The van der Waals surface area contributed by atoms with Crippen LogP contribution in [0.25, 0.3) is 22.0 Å². The first-order valence-corrected chi connectivity index (χ1v) is 11.2. The summed E-state index contributed by atoms with van der Waals surface area (Å²) >= 11 is 1.51. The molecule has 3 aromatic rings. The Morgan fingerprint density at radius 1 is 1.23 bits per heavy atom. The Morgan fingerprint density at radius 3 is 2.84 bits per heavy atom. The van der Waals surface area contributed by atoms with Gasteiger partial charge in [0.1, 0.15) is 17.3 Å². The number of rotatable bonds is 7. The first-order chi connectivity index (χ1) is 15.1. The molecule has 1 aliphatic rings. The summed E-state index contributed by atoms with van der Waals surface area (Å²) in [6, 6.07) is 11.3. The molecular formula is C23H24N4O3S. The monoisotopic (exact) mass is 436 g/mol. The second kappa shape index (κ2) is 9.26. The topological polar surface area (TPSA) is 84.4 Å². The van der Waals surface area contributed by atoms with Crippen LogP contribution in [0.5, 0.6) is 5.75 Å². The summed E-state index contributed by atoms with van der Waals surface area (Å²) in [5.41, 5.74) is 3.04. The van der Waals surface area contributed by atoms with Gasteiger partial charge in [-0.1, -0.05) is 19.9 Å². The number of nitrogens with zero attached hydrogens (tertiary/aromatic N) is 3. The number of hydrogen-bond acceptors (Lipinski definition) is 6. The van der Waals surface area contributed by atoms with Crippen LogP contribution in [-0.2, 0) is 9.59 Å². The molecule has 1 unspecified atom stereocenters. The molecule has 160 valence electrons. The first-order valence-electron chi connectivity index (χ1n) is 10.4. The van der Waals surface area contributed by atoms with Crippen LogP contribution in [0.3, 0.4) is 0 Å². The number of benzene rings is 1. The zero-order valence-electron chi connectivity index (χ0n) is 17.5. The minimum Gasteiger partial charge on any atom is -0.478 e. The third-order valence-corrected chi connectivity index (χ3v) is 5.85. The quantitative estimate of drug-likeness (QED) is 0.607. The van der Waals surface area contributed by atoms with Gasteiger partial charge >= 0.3 is 0 Å². The first kappa shape index (κ1) is 21.0. The molecule has 3 heterocycles. The summed E-state index contributed by atoms with van der Waals surface area (Å²) in [6.07, 6.45) is 2.52. The van der Waals surface area contributed by atoms with Crippen LogP contribution in [0.15, 0.2) is 48.0 Å². The molecule has 1 aromatic carbocycles. The van der Waals surface area contributed by atoms with Crippen molar-refractivity contribution in [3.63, 3.8) is 0 Å². The lowest BCUT2D eigenvalue weighted by molar-refractivity contribution is -0.129. The Morgan fingerprint density at radius 2 is 2.10 bits per heavy atom. The third-order valence-electron chi connectivity index (χ3n) is 4.99. The lowest BCUT2D eigenvalue weighted by Crippen LogP contribution is -2.49. The van der Waals surface area contributed by atoms with Crippen molar-refractivity contribution in [2.45, 2.75) is 32.8 Å². The fraction of sp³-hybridized carbons (Fsp3) is 0.304. The zero-order valence-corrected chi connectivity index (χ0v) is 18.3. The van der Waals surface area contributed by atoms with Crippen molar-refractivity contribution in [3.05, 3.63) is 48.0 Å². The molecule has 4 rings (SSSR count). The SMILES string of the molecule is CCCNC(=O)CN1C(=O)C(CC)Oc2ccc(-c3csc(-c4ccccn4)n3)cc21. The van der Waals surface area contributed by atoms with E-state index in [9.17, 15) is 9.59 Å². The van der Waals surface area contributed by atoms with E-state index in [0.29, 0.717) is 24.4 Å². The lowest BCUT2D eigenvalue weighted by atomic mass is 10.1. The van der Waals surface area contributed by atoms with Gasteiger partial charge in [-0.3, -0.25) is 19.5 Å².